The Morgan fingerprint density at radius 1 is 1.15 bits per heavy atom. The third-order valence-electron chi connectivity index (χ3n) is 7.94. The van der Waals surface area contributed by atoms with Gasteiger partial charge in [0, 0.05) is 17.3 Å². The Labute approximate surface area is 238 Å². The number of rotatable bonds is 10. The molecule has 5 N–H and O–H groups in total. The van der Waals surface area contributed by atoms with E-state index in [0.29, 0.717) is 53.6 Å². The molecule has 3 atom stereocenters. The zero-order valence-electron chi connectivity index (χ0n) is 22.1. The first-order valence-corrected chi connectivity index (χ1v) is 14.0. The summed E-state index contributed by atoms with van der Waals surface area (Å²) in [6, 6.07) is 20.2. The van der Waals surface area contributed by atoms with Gasteiger partial charge in [-0.15, -0.1) is 0 Å². The molecule has 0 spiro atoms. The lowest BCUT2D eigenvalue weighted by Crippen LogP contribution is -2.48. The molecule has 1 saturated heterocycles. The molecule has 208 valence electrons. The van der Waals surface area contributed by atoms with Gasteiger partial charge in [0.05, 0.1) is 28.9 Å². The highest BCUT2D eigenvalue weighted by atomic mass is 35.5. The van der Waals surface area contributed by atoms with Gasteiger partial charge in [0.25, 0.3) is 0 Å². The van der Waals surface area contributed by atoms with Crippen molar-refractivity contribution in [3.63, 3.8) is 0 Å². The van der Waals surface area contributed by atoms with Crippen molar-refractivity contribution in [1.82, 2.24) is 4.90 Å². The number of carbonyl (C=O) groups excluding carboxylic acids is 1. The Balaban J connectivity index is 1.36. The average molecular weight is 562 g/mol. The van der Waals surface area contributed by atoms with Crippen LogP contribution in [0.2, 0.25) is 5.02 Å². The highest BCUT2D eigenvalue weighted by molar-refractivity contribution is 6.30. The molecule has 3 aromatic rings. The highest BCUT2D eigenvalue weighted by Gasteiger charge is 2.36. The van der Waals surface area contributed by atoms with Crippen molar-refractivity contribution in [3.05, 3.63) is 94.3 Å². The number of carbonyl (C=O) groups is 1. The van der Waals surface area contributed by atoms with Gasteiger partial charge in [0.15, 0.2) is 6.35 Å². The minimum absolute atomic E-state index is 0.0344. The monoisotopic (exact) mass is 561 g/mol. The normalized spacial score (nSPS) is 19.4. The molecular weight excluding hydrogens is 529 g/mol. The number of aliphatic hydroxyl groups excluding tert-OH is 1. The molecule has 1 saturated carbocycles. The maximum absolute atomic E-state index is 15.0. The average Bonchev–Trinajstić information content (AvgIpc) is 3.66. The maximum Gasteiger partial charge on any atom is 0.241 e. The van der Waals surface area contributed by atoms with Crippen molar-refractivity contribution < 1.29 is 14.3 Å². The van der Waals surface area contributed by atoms with Crippen molar-refractivity contribution in [2.75, 3.05) is 17.2 Å². The molecule has 40 heavy (non-hydrogen) atoms. The molecule has 1 aliphatic carbocycles. The number of nitrogens with zero attached hydrogens (tertiary/aromatic N) is 2. The lowest BCUT2D eigenvalue weighted by Gasteiger charge is -2.32. The van der Waals surface area contributed by atoms with E-state index in [1.165, 1.54) is 18.9 Å². The number of hydrogen-bond acceptors (Lipinski definition) is 6. The number of likely N-dealkylation sites (tertiary alicyclic amines) is 1. The van der Waals surface area contributed by atoms with Crippen molar-refractivity contribution in [2.45, 2.75) is 56.5 Å². The van der Waals surface area contributed by atoms with Crippen LogP contribution in [0.5, 0.6) is 0 Å². The quantitative estimate of drug-likeness (QED) is 0.242. The van der Waals surface area contributed by atoms with Crippen molar-refractivity contribution in [2.24, 2.45) is 11.7 Å². The summed E-state index contributed by atoms with van der Waals surface area (Å²) in [5.41, 5.74) is 8.72. The minimum atomic E-state index is -1.11. The van der Waals surface area contributed by atoms with Gasteiger partial charge in [0.1, 0.15) is 5.82 Å². The lowest BCUT2D eigenvalue weighted by atomic mass is 9.79. The first-order valence-electron chi connectivity index (χ1n) is 13.6. The van der Waals surface area contributed by atoms with Gasteiger partial charge < -0.3 is 21.5 Å². The van der Waals surface area contributed by atoms with E-state index >= 15 is 4.39 Å². The van der Waals surface area contributed by atoms with E-state index in [0.717, 1.165) is 12.0 Å². The molecule has 9 heteroatoms. The Morgan fingerprint density at radius 2 is 1.90 bits per heavy atom. The summed E-state index contributed by atoms with van der Waals surface area (Å²) >= 11 is 5.95. The molecule has 1 heterocycles. The number of benzene rings is 3. The van der Waals surface area contributed by atoms with Crippen LogP contribution in [-0.4, -0.2) is 34.9 Å². The van der Waals surface area contributed by atoms with E-state index in [1.54, 1.807) is 59.5 Å². The van der Waals surface area contributed by atoms with Gasteiger partial charge in [0.2, 0.25) is 5.91 Å². The molecule has 7 nitrogen and oxygen atoms in total. The fraction of sp³-hybridized carbons (Fsp3) is 0.355. The molecule has 1 amide bonds. The van der Waals surface area contributed by atoms with Gasteiger partial charge in [-0.25, -0.2) is 9.29 Å². The van der Waals surface area contributed by atoms with Crippen molar-refractivity contribution in [3.8, 4) is 6.07 Å². The number of halogens is 2. The zero-order valence-corrected chi connectivity index (χ0v) is 22.9. The number of aliphatic hydroxyl groups is 1. The molecule has 1 aliphatic heterocycles. The van der Waals surface area contributed by atoms with Crippen LogP contribution >= 0.6 is 11.6 Å². The van der Waals surface area contributed by atoms with Crippen LogP contribution in [0.1, 0.15) is 55.2 Å². The SMILES string of the molecule is N#Cc1cccc(C(N)(CCC2CC2)c2ccc(F)c(NC(=O)[C@H]3CCCN3C(O)Nc3ccc(Cl)cc3)c2)c1. The van der Waals surface area contributed by atoms with Gasteiger partial charge in [-0.3, -0.25) is 4.79 Å². The van der Waals surface area contributed by atoms with E-state index in [9.17, 15) is 15.2 Å². The Hall–Kier alpha value is -3.48. The summed E-state index contributed by atoms with van der Waals surface area (Å²) in [6.07, 6.45) is 4.03. The van der Waals surface area contributed by atoms with Gasteiger partial charge in [-0.2, -0.15) is 5.26 Å². The maximum atomic E-state index is 15.0. The smallest absolute Gasteiger partial charge is 0.241 e. The number of nitrogens with two attached hydrogens (primary N) is 1. The minimum Gasteiger partial charge on any atom is -0.361 e. The zero-order chi connectivity index (χ0) is 28.3. The molecule has 0 bridgehead atoms. The van der Waals surface area contributed by atoms with E-state index < -0.39 is 29.7 Å². The molecule has 0 aromatic heterocycles. The first kappa shape index (κ1) is 28.1. The molecule has 3 aromatic carbocycles. The second kappa shape index (κ2) is 11.9. The first-order chi connectivity index (χ1) is 19.3. The van der Waals surface area contributed by atoms with Gasteiger partial charge >= 0.3 is 0 Å². The Bertz CT molecular complexity index is 1410. The second-order valence-corrected chi connectivity index (χ2v) is 11.2. The largest absolute Gasteiger partial charge is 0.361 e. The lowest BCUT2D eigenvalue weighted by molar-refractivity contribution is -0.123. The number of amides is 1. The molecule has 2 fully saturated rings. The summed E-state index contributed by atoms with van der Waals surface area (Å²) in [7, 11) is 0. The van der Waals surface area contributed by atoms with Crippen LogP contribution in [0.3, 0.4) is 0 Å². The van der Waals surface area contributed by atoms with Crippen LogP contribution in [0.25, 0.3) is 0 Å². The van der Waals surface area contributed by atoms with E-state index in [4.69, 9.17) is 17.3 Å². The fourth-order valence-electron chi connectivity index (χ4n) is 5.42. The van der Waals surface area contributed by atoms with Crippen LogP contribution in [0, 0.1) is 23.1 Å². The summed E-state index contributed by atoms with van der Waals surface area (Å²) in [4.78, 5) is 15.0. The third kappa shape index (κ3) is 6.29. The fourth-order valence-corrected chi connectivity index (χ4v) is 5.54. The summed E-state index contributed by atoms with van der Waals surface area (Å²) in [6.45, 7) is 0.505. The number of hydrogen-bond donors (Lipinski definition) is 4. The third-order valence-corrected chi connectivity index (χ3v) is 8.19. The number of anilines is 2. The Kier molecular flexibility index (Phi) is 8.38. The predicted molar refractivity (Wildman–Crippen MR) is 154 cm³/mol. The molecule has 2 aliphatic rings. The molecule has 0 radical (unpaired) electrons. The molecular formula is C31H33ClFN5O2. The van der Waals surface area contributed by atoms with Crippen molar-refractivity contribution in [1.29, 1.82) is 5.26 Å². The number of nitriles is 1. The van der Waals surface area contributed by atoms with Crippen LogP contribution in [0.15, 0.2) is 66.7 Å². The van der Waals surface area contributed by atoms with Gasteiger partial charge in [-0.05, 0) is 91.3 Å². The van der Waals surface area contributed by atoms with Crippen LogP contribution in [-0.2, 0) is 10.3 Å². The van der Waals surface area contributed by atoms with Crippen LogP contribution in [0.4, 0.5) is 15.8 Å². The van der Waals surface area contributed by atoms with E-state index in [-0.39, 0.29) is 5.69 Å². The molecule has 2 unspecified atom stereocenters. The number of nitrogens with one attached hydrogen (secondary N) is 2. The van der Waals surface area contributed by atoms with Gasteiger partial charge in [-0.1, -0.05) is 42.6 Å². The Morgan fingerprint density at radius 3 is 2.62 bits per heavy atom. The van der Waals surface area contributed by atoms with Crippen molar-refractivity contribution >= 4 is 28.9 Å². The summed E-state index contributed by atoms with van der Waals surface area (Å²) in [5.74, 6) is -0.350. The summed E-state index contributed by atoms with van der Waals surface area (Å²) in [5, 5.41) is 26.6. The van der Waals surface area contributed by atoms with Crippen LogP contribution < -0.4 is 16.4 Å². The highest BCUT2D eigenvalue weighted by Crippen LogP contribution is 2.40. The second-order valence-electron chi connectivity index (χ2n) is 10.8. The molecule has 5 rings (SSSR count). The summed E-state index contributed by atoms with van der Waals surface area (Å²) < 4.78 is 15.0. The van der Waals surface area contributed by atoms with E-state index in [1.807, 2.05) is 6.07 Å². The topological polar surface area (TPSA) is 114 Å². The predicted octanol–water partition coefficient (Wildman–Crippen LogP) is 5.53. The van der Waals surface area contributed by atoms with E-state index in [2.05, 4.69) is 16.7 Å². The standard InChI is InChI=1S/C31H33ClFN5O2/c32-24-9-11-25(12-10-24)36-30(40)38-16-2-5-28(38)29(39)37-27-18-23(8-13-26(27)33)31(35,15-14-20-6-7-20)22-4-1-3-21(17-22)19-34/h1,3-4,8-13,17-18,20,28,30,36,40H,2,5-7,14-16,35H2,(H,37,39)/t28-,30?,31?/m1/s1.